The summed E-state index contributed by atoms with van der Waals surface area (Å²) in [6, 6.07) is -0.220. The Bertz CT molecular complexity index is 319. The van der Waals surface area contributed by atoms with Crippen LogP contribution >= 0.6 is 0 Å². The molecule has 3 amide bonds. The maximum absolute atomic E-state index is 12.0. The summed E-state index contributed by atoms with van der Waals surface area (Å²) >= 11 is 0. The Morgan fingerprint density at radius 3 is 2.44 bits per heavy atom. The summed E-state index contributed by atoms with van der Waals surface area (Å²) in [5.41, 5.74) is 5.52. The average Bonchev–Trinajstić information content (AvgIpc) is 2.65. The quantitative estimate of drug-likeness (QED) is 0.613. The van der Waals surface area contributed by atoms with Gasteiger partial charge in [-0.2, -0.15) is 0 Å². The monoisotopic (exact) mass is 256 g/mol. The van der Waals surface area contributed by atoms with Gasteiger partial charge in [0, 0.05) is 33.2 Å². The molecule has 104 valence electrons. The molecule has 1 fully saturated rings. The van der Waals surface area contributed by atoms with Gasteiger partial charge in [0.15, 0.2) is 0 Å². The lowest BCUT2D eigenvalue weighted by atomic mass is 9.84. The predicted octanol–water partition coefficient (Wildman–Crippen LogP) is -0.109. The van der Waals surface area contributed by atoms with E-state index in [9.17, 15) is 9.59 Å². The van der Waals surface area contributed by atoms with Gasteiger partial charge in [-0.1, -0.05) is 6.42 Å². The summed E-state index contributed by atoms with van der Waals surface area (Å²) in [5, 5.41) is 5.53. The lowest BCUT2D eigenvalue weighted by molar-refractivity contribution is -0.130. The van der Waals surface area contributed by atoms with E-state index >= 15 is 0 Å². The van der Waals surface area contributed by atoms with Crippen LogP contribution in [0.3, 0.4) is 0 Å². The second kappa shape index (κ2) is 6.04. The summed E-state index contributed by atoms with van der Waals surface area (Å²) in [5.74, 6) is -0.00778. The molecule has 2 unspecified atom stereocenters. The Hall–Kier alpha value is -1.30. The molecule has 6 nitrogen and oxygen atoms in total. The highest BCUT2D eigenvalue weighted by Gasteiger charge is 2.42. The van der Waals surface area contributed by atoms with Crippen LogP contribution in [-0.4, -0.2) is 50.1 Å². The highest BCUT2D eigenvalue weighted by atomic mass is 16.2. The van der Waals surface area contributed by atoms with Crippen LogP contribution in [0.4, 0.5) is 4.79 Å². The fraction of sp³-hybridized carbons (Fsp3) is 0.833. The number of urea groups is 1. The Kier molecular flexibility index (Phi) is 4.95. The molecule has 0 heterocycles. The van der Waals surface area contributed by atoms with Gasteiger partial charge in [0.25, 0.3) is 0 Å². The molecule has 0 aromatic carbocycles. The number of nitrogens with one attached hydrogen (secondary N) is 2. The molecule has 1 saturated carbocycles. The van der Waals surface area contributed by atoms with Crippen molar-refractivity contribution in [2.45, 2.75) is 32.2 Å². The summed E-state index contributed by atoms with van der Waals surface area (Å²) < 4.78 is 0. The molecule has 4 N–H and O–H groups in total. The molecule has 18 heavy (non-hydrogen) atoms. The first-order valence-corrected chi connectivity index (χ1v) is 6.37. The summed E-state index contributed by atoms with van der Waals surface area (Å²) in [7, 11) is 3.35. The number of hydrogen-bond acceptors (Lipinski definition) is 3. The largest absolute Gasteiger partial charge is 0.354 e. The summed E-state index contributed by atoms with van der Waals surface area (Å²) in [4.78, 5) is 24.7. The molecular weight excluding hydrogens is 232 g/mol. The number of hydrogen-bond donors (Lipinski definition) is 3. The highest BCUT2D eigenvalue weighted by Crippen LogP contribution is 2.36. The van der Waals surface area contributed by atoms with E-state index in [1.54, 1.807) is 14.1 Å². The molecule has 1 aliphatic carbocycles. The van der Waals surface area contributed by atoms with Gasteiger partial charge in [0.05, 0.1) is 5.41 Å². The standard InChI is InChI=1S/C12H24N4O2/c1-12(6-4-5-9(12)13)10(17)14-7-8-15-11(18)16(2)3/h9H,4-8,13H2,1-3H3,(H,14,17)(H,15,18). The van der Waals surface area contributed by atoms with Gasteiger partial charge in [-0.25, -0.2) is 4.79 Å². The van der Waals surface area contributed by atoms with Crippen LogP contribution in [-0.2, 0) is 4.79 Å². The molecule has 0 aliphatic heterocycles. The number of rotatable bonds is 4. The predicted molar refractivity (Wildman–Crippen MR) is 70.0 cm³/mol. The van der Waals surface area contributed by atoms with Crippen molar-refractivity contribution in [3.05, 3.63) is 0 Å². The third-order valence-electron chi connectivity index (χ3n) is 3.64. The van der Waals surface area contributed by atoms with Gasteiger partial charge < -0.3 is 21.3 Å². The van der Waals surface area contributed by atoms with Crippen LogP contribution in [0.1, 0.15) is 26.2 Å². The van der Waals surface area contributed by atoms with E-state index in [1.165, 1.54) is 4.90 Å². The van der Waals surface area contributed by atoms with Crippen LogP contribution in [0.5, 0.6) is 0 Å². The first-order valence-electron chi connectivity index (χ1n) is 6.37. The zero-order valence-corrected chi connectivity index (χ0v) is 11.5. The van der Waals surface area contributed by atoms with Crippen LogP contribution in [0.25, 0.3) is 0 Å². The molecule has 1 rings (SSSR count). The topological polar surface area (TPSA) is 87.5 Å². The Morgan fingerprint density at radius 2 is 1.94 bits per heavy atom. The smallest absolute Gasteiger partial charge is 0.316 e. The lowest BCUT2D eigenvalue weighted by Gasteiger charge is -2.27. The van der Waals surface area contributed by atoms with Crippen LogP contribution < -0.4 is 16.4 Å². The van der Waals surface area contributed by atoms with Gasteiger partial charge in [0.2, 0.25) is 5.91 Å². The third-order valence-corrected chi connectivity index (χ3v) is 3.64. The molecule has 0 spiro atoms. The van der Waals surface area contributed by atoms with E-state index in [1.807, 2.05) is 6.92 Å². The van der Waals surface area contributed by atoms with E-state index in [4.69, 9.17) is 5.73 Å². The number of nitrogens with zero attached hydrogens (tertiary/aromatic N) is 1. The molecule has 0 saturated heterocycles. The fourth-order valence-corrected chi connectivity index (χ4v) is 2.18. The average molecular weight is 256 g/mol. The van der Waals surface area contributed by atoms with Crippen molar-refractivity contribution in [2.75, 3.05) is 27.2 Å². The van der Waals surface area contributed by atoms with Crippen molar-refractivity contribution in [2.24, 2.45) is 11.1 Å². The molecule has 1 aliphatic rings. The zero-order valence-electron chi connectivity index (χ0n) is 11.5. The van der Waals surface area contributed by atoms with Gasteiger partial charge in [-0.05, 0) is 19.8 Å². The summed E-state index contributed by atoms with van der Waals surface area (Å²) in [6.45, 7) is 2.77. The maximum atomic E-state index is 12.0. The Morgan fingerprint density at radius 1 is 1.33 bits per heavy atom. The van der Waals surface area contributed by atoms with Crippen molar-refractivity contribution in [1.82, 2.24) is 15.5 Å². The van der Waals surface area contributed by atoms with Crippen molar-refractivity contribution in [3.63, 3.8) is 0 Å². The fourth-order valence-electron chi connectivity index (χ4n) is 2.18. The molecule has 0 aromatic rings. The van der Waals surface area contributed by atoms with E-state index in [0.717, 1.165) is 19.3 Å². The maximum Gasteiger partial charge on any atom is 0.316 e. The molecule has 2 atom stereocenters. The highest BCUT2D eigenvalue weighted by molar-refractivity contribution is 5.83. The van der Waals surface area contributed by atoms with E-state index in [2.05, 4.69) is 10.6 Å². The molecule has 0 radical (unpaired) electrons. The third kappa shape index (κ3) is 3.35. The van der Waals surface area contributed by atoms with Crippen LogP contribution in [0.15, 0.2) is 0 Å². The minimum atomic E-state index is -0.453. The van der Waals surface area contributed by atoms with E-state index in [0.29, 0.717) is 13.1 Å². The first kappa shape index (κ1) is 14.8. The Balaban J connectivity index is 2.27. The van der Waals surface area contributed by atoms with Gasteiger partial charge >= 0.3 is 6.03 Å². The lowest BCUT2D eigenvalue weighted by Crippen LogP contribution is -2.49. The van der Waals surface area contributed by atoms with Gasteiger partial charge in [-0.15, -0.1) is 0 Å². The molecule has 0 aromatic heterocycles. The van der Waals surface area contributed by atoms with Gasteiger partial charge in [-0.3, -0.25) is 4.79 Å². The molecule has 0 bridgehead atoms. The Labute approximate surface area is 108 Å². The van der Waals surface area contributed by atoms with E-state index < -0.39 is 5.41 Å². The minimum absolute atomic E-state index is 0.00778. The second-order valence-electron chi connectivity index (χ2n) is 5.30. The number of carbonyl (C=O) groups excluding carboxylic acids is 2. The second-order valence-corrected chi connectivity index (χ2v) is 5.30. The van der Waals surface area contributed by atoms with E-state index in [-0.39, 0.29) is 18.0 Å². The summed E-state index contributed by atoms with van der Waals surface area (Å²) in [6.07, 6.45) is 2.74. The minimum Gasteiger partial charge on any atom is -0.354 e. The normalized spacial score (nSPS) is 26.8. The SMILES string of the molecule is CN(C)C(=O)NCCNC(=O)C1(C)CCCC1N. The first-order chi connectivity index (χ1) is 8.38. The van der Waals surface area contributed by atoms with Crippen molar-refractivity contribution >= 4 is 11.9 Å². The molecular formula is C12H24N4O2. The zero-order chi connectivity index (χ0) is 13.8. The number of nitrogens with two attached hydrogens (primary N) is 1. The van der Waals surface area contributed by atoms with Crippen LogP contribution in [0.2, 0.25) is 0 Å². The number of amides is 3. The number of carbonyl (C=O) groups is 2. The molecule has 6 heteroatoms. The van der Waals surface area contributed by atoms with Crippen molar-refractivity contribution in [1.29, 1.82) is 0 Å². The van der Waals surface area contributed by atoms with Crippen molar-refractivity contribution in [3.8, 4) is 0 Å². The van der Waals surface area contributed by atoms with Crippen LogP contribution in [0, 0.1) is 5.41 Å². The van der Waals surface area contributed by atoms with Crippen molar-refractivity contribution < 1.29 is 9.59 Å². The van der Waals surface area contributed by atoms with Gasteiger partial charge in [0.1, 0.15) is 0 Å².